The quantitative estimate of drug-likeness (QED) is 0.478. The second-order valence-electron chi connectivity index (χ2n) is 4.57. The Morgan fingerprint density at radius 1 is 1.57 bits per heavy atom. The van der Waals surface area contributed by atoms with Crippen molar-refractivity contribution in [3.8, 4) is 0 Å². The van der Waals surface area contributed by atoms with Crippen LogP contribution in [0.25, 0.3) is 0 Å². The van der Waals surface area contributed by atoms with Gasteiger partial charge < -0.3 is 20.3 Å². The van der Waals surface area contributed by atoms with E-state index in [2.05, 4.69) is 5.32 Å². The number of carbonyl (C=O) groups excluding carboxylic acids is 1. The third-order valence-corrected chi connectivity index (χ3v) is 2.04. The predicted octanol–water partition coefficient (Wildman–Crippen LogP) is -0.977. The second-order valence-corrected chi connectivity index (χ2v) is 4.57. The minimum absolute atomic E-state index is 0.0308. The van der Waals surface area contributed by atoms with Crippen LogP contribution in [-0.4, -0.2) is 46.6 Å². The highest BCUT2D eigenvalue weighted by molar-refractivity contribution is 5.81. The molecule has 0 aliphatic carbocycles. The molecule has 0 unspecified atom stereocenters. The molecule has 0 amide bonds. The largest absolute Gasteiger partial charge is 0.458 e. The molecule has 0 aromatic carbocycles. The van der Waals surface area contributed by atoms with Gasteiger partial charge in [-0.05, 0) is 20.8 Å². The molecule has 0 spiro atoms. The highest BCUT2D eigenvalue weighted by Crippen LogP contribution is 2.20. The van der Waals surface area contributed by atoms with Crippen LogP contribution in [0.2, 0.25) is 0 Å². The number of hydrogen-bond acceptors (Lipinski definition) is 5. The molecule has 14 heavy (non-hydrogen) atoms. The van der Waals surface area contributed by atoms with E-state index in [0.717, 1.165) is 0 Å². The predicted molar refractivity (Wildman–Crippen MR) is 49.7 cm³/mol. The van der Waals surface area contributed by atoms with Gasteiger partial charge in [-0.2, -0.15) is 0 Å². The molecule has 5 heteroatoms. The van der Waals surface area contributed by atoms with Crippen LogP contribution in [0.3, 0.4) is 0 Å². The van der Waals surface area contributed by atoms with E-state index in [1.165, 1.54) is 0 Å². The molecule has 0 aromatic heterocycles. The van der Waals surface area contributed by atoms with Gasteiger partial charge >= 0.3 is 5.97 Å². The first kappa shape index (κ1) is 11.4. The monoisotopic (exact) mass is 203 g/mol. The number of rotatable bonds is 1. The van der Waals surface area contributed by atoms with Gasteiger partial charge in [0.15, 0.2) is 0 Å². The molecular formula is C9H17NO4. The summed E-state index contributed by atoms with van der Waals surface area (Å²) >= 11 is 0. The maximum atomic E-state index is 11.5. The summed E-state index contributed by atoms with van der Waals surface area (Å²) in [6.07, 6.45) is -1.10. The fourth-order valence-electron chi connectivity index (χ4n) is 1.26. The number of β-amino-alcohol motifs (C(OH)–C–C–N with tert-alkyl or cyclic N) is 2. The minimum Gasteiger partial charge on any atom is -0.458 e. The summed E-state index contributed by atoms with van der Waals surface area (Å²) in [7, 11) is 0. The van der Waals surface area contributed by atoms with Crippen molar-refractivity contribution in [3.63, 3.8) is 0 Å². The fraction of sp³-hybridized carbons (Fsp3) is 0.889. The lowest BCUT2D eigenvalue weighted by atomic mass is 10.0. The summed E-state index contributed by atoms with van der Waals surface area (Å²) in [5, 5.41) is 21.9. The van der Waals surface area contributed by atoms with E-state index >= 15 is 0 Å². The third-order valence-electron chi connectivity index (χ3n) is 2.04. The number of nitrogens with one attached hydrogen (secondary N) is 1. The molecule has 5 nitrogen and oxygen atoms in total. The van der Waals surface area contributed by atoms with Gasteiger partial charge in [0.2, 0.25) is 5.60 Å². The van der Waals surface area contributed by atoms with Gasteiger partial charge in [-0.25, -0.2) is 4.79 Å². The van der Waals surface area contributed by atoms with Crippen LogP contribution in [0.4, 0.5) is 0 Å². The van der Waals surface area contributed by atoms with Crippen molar-refractivity contribution in [2.75, 3.05) is 13.1 Å². The standard InChI is InChI=1S/C9H17NO4/c1-8(2,3)14-7(12)9(13)5-10-4-6(9)11/h6,10-11,13H,4-5H2,1-3H3/t6-,9-/m0/s1. The fourth-order valence-corrected chi connectivity index (χ4v) is 1.26. The van der Waals surface area contributed by atoms with Crippen LogP contribution in [0.1, 0.15) is 20.8 Å². The minimum atomic E-state index is -1.80. The Morgan fingerprint density at radius 2 is 2.14 bits per heavy atom. The van der Waals surface area contributed by atoms with Crippen molar-refractivity contribution >= 4 is 5.97 Å². The molecule has 0 radical (unpaired) electrons. The van der Waals surface area contributed by atoms with Crippen molar-refractivity contribution in [3.05, 3.63) is 0 Å². The van der Waals surface area contributed by atoms with Crippen LogP contribution in [-0.2, 0) is 9.53 Å². The normalized spacial score (nSPS) is 33.1. The molecular weight excluding hydrogens is 186 g/mol. The number of ether oxygens (including phenoxy) is 1. The molecule has 1 saturated heterocycles. The lowest BCUT2D eigenvalue weighted by molar-refractivity contribution is -0.183. The maximum Gasteiger partial charge on any atom is 0.342 e. The Labute approximate surface area is 83.1 Å². The Hall–Kier alpha value is -0.650. The average Bonchev–Trinajstić information content (AvgIpc) is 2.30. The van der Waals surface area contributed by atoms with E-state index in [0.29, 0.717) is 0 Å². The van der Waals surface area contributed by atoms with Crippen molar-refractivity contribution in [2.24, 2.45) is 0 Å². The molecule has 1 rings (SSSR count). The van der Waals surface area contributed by atoms with Crippen LogP contribution < -0.4 is 5.32 Å². The van der Waals surface area contributed by atoms with E-state index in [1.807, 2.05) is 0 Å². The van der Waals surface area contributed by atoms with Crippen molar-refractivity contribution in [2.45, 2.75) is 38.1 Å². The first-order valence-electron chi connectivity index (χ1n) is 4.60. The Kier molecular flexibility index (Phi) is 2.85. The zero-order chi connectivity index (χ0) is 11.0. The van der Waals surface area contributed by atoms with Gasteiger partial charge in [-0.15, -0.1) is 0 Å². The Morgan fingerprint density at radius 3 is 2.50 bits per heavy atom. The molecule has 2 atom stereocenters. The van der Waals surface area contributed by atoms with Gasteiger partial charge in [0, 0.05) is 13.1 Å². The van der Waals surface area contributed by atoms with Crippen LogP contribution in [0.5, 0.6) is 0 Å². The zero-order valence-electron chi connectivity index (χ0n) is 8.70. The van der Waals surface area contributed by atoms with E-state index in [-0.39, 0.29) is 13.1 Å². The van der Waals surface area contributed by atoms with Gasteiger partial charge in [0.05, 0.1) is 0 Å². The second kappa shape index (κ2) is 3.49. The molecule has 0 bridgehead atoms. The SMILES string of the molecule is CC(C)(C)OC(=O)[C@]1(O)CNC[C@@H]1O. The third kappa shape index (κ3) is 2.23. The topological polar surface area (TPSA) is 78.8 Å². The summed E-state index contributed by atoms with van der Waals surface area (Å²) in [6.45, 7) is 5.37. The number of hydrogen-bond donors (Lipinski definition) is 3. The molecule has 1 aliphatic rings. The van der Waals surface area contributed by atoms with Crippen molar-refractivity contribution in [1.29, 1.82) is 0 Å². The summed E-state index contributed by atoms with van der Waals surface area (Å²) in [5.41, 5.74) is -2.46. The van der Waals surface area contributed by atoms with E-state index in [9.17, 15) is 15.0 Å². The average molecular weight is 203 g/mol. The first-order valence-corrected chi connectivity index (χ1v) is 4.60. The number of aliphatic hydroxyl groups is 2. The molecule has 1 heterocycles. The Balaban J connectivity index is 2.68. The van der Waals surface area contributed by atoms with Gasteiger partial charge in [-0.1, -0.05) is 0 Å². The molecule has 82 valence electrons. The van der Waals surface area contributed by atoms with Crippen molar-refractivity contribution in [1.82, 2.24) is 5.32 Å². The molecule has 3 N–H and O–H groups in total. The molecule has 1 fully saturated rings. The summed E-state index contributed by atoms with van der Waals surface area (Å²) in [5.74, 6) is -0.775. The van der Waals surface area contributed by atoms with Crippen molar-refractivity contribution < 1.29 is 19.7 Å². The molecule has 1 aliphatic heterocycles. The number of carbonyl (C=O) groups is 1. The van der Waals surface area contributed by atoms with Crippen LogP contribution in [0.15, 0.2) is 0 Å². The van der Waals surface area contributed by atoms with Gasteiger partial charge in [0.1, 0.15) is 11.7 Å². The van der Waals surface area contributed by atoms with E-state index in [4.69, 9.17) is 4.74 Å². The van der Waals surface area contributed by atoms with Crippen LogP contribution >= 0.6 is 0 Å². The highest BCUT2D eigenvalue weighted by Gasteiger charge is 2.49. The smallest absolute Gasteiger partial charge is 0.342 e. The van der Waals surface area contributed by atoms with E-state index in [1.54, 1.807) is 20.8 Å². The Bertz CT molecular complexity index is 235. The summed E-state index contributed by atoms with van der Waals surface area (Å²) in [4.78, 5) is 11.5. The zero-order valence-corrected chi connectivity index (χ0v) is 8.70. The maximum absolute atomic E-state index is 11.5. The first-order chi connectivity index (χ1) is 6.26. The molecule has 0 aromatic rings. The van der Waals surface area contributed by atoms with E-state index < -0.39 is 23.3 Å². The highest BCUT2D eigenvalue weighted by atomic mass is 16.6. The summed E-state index contributed by atoms with van der Waals surface area (Å²) < 4.78 is 5.01. The van der Waals surface area contributed by atoms with Gasteiger partial charge in [0.25, 0.3) is 0 Å². The number of esters is 1. The molecule has 0 saturated carbocycles. The summed E-state index contributed by atoms with van der Waals surface area (Å²) in [6, 6.07) is 0. The number of aliphatic hydroxyl groups excluding tert-OH is 1. The lowest BCUT2D eigenvalue weighted by Crippen LogP contribution is -2.52. The lowest BCUT2D eigenvalue weighted by Gasteiger charge is -2.28. The van der Waals surface area contributed by atoms with Gasteiger partial charge in [-0.3, -0.25) is 0 Å². The van der Waals surface area contributed by atoms with Crippen LogP contribution in [0, 0.1) is 0 Å².